The third-order valence-corrected chi connectivity index (χ3v) is 8.34. The summed E-state index contributed by atoms with van der Waals surface area (Å²) >= 11 is 0. The second-order valence-corrected chi connectivity index (χ2v) is 10.3. The summed E-state index contributed by atoms with van der Waals surface area (Å²) in [5.74, 6) is -0.450. The maximum atomic E-state index is 13.1. The van der Waals surface area contributed by atoms with Crippen molar-refractivity contribution < 1.29 is 22.3 Å². The van der Waals surface area contributed by atoms with Crippen LogP contribution in [0.1, 0.15) is 25.7 Å². The number of nitrogens with zero attached hydrogens (tertiary/aromatic N) is 3. The Bertz CT molecular complexity index is 826. The van der Waals surface area contributed by atoms with Crippen molar-refractivity contribution in [3.8, 4) is 0 Å². The summed E-state index contributed by atoms with van der Waals surface area (Å²) in [6, 6.07) is 4.89. The number of carbonyl (C=O) groups is 1. The number of sulfonamides is 1. The second-order valence-electron chi connectivity index (χ2n) is 8.39. The molecule has 1 amide bonds. The summed E-state index contributed by atoms with van der Waals surface area (Å²) in [5, 5.41) is 0. The van der Waals surface area contributed by atoms with Gasteiger partial charge in [0.05, 0.1) is 11.0 Å². The van der Waals surface area contributed by atoms with Crippen LogP contribution in [0.3, 0.4) is 0 Å². The lowest BCUT2D eigenvalue weighted by molar-refractivity contribution is -0.138. The number of rotatable bonds is 5. The molecular formula is C21H30FN3O4S. The highest BCUT2D eigenvalue weighted by molar-refractivity contribution is 7.89. The lowest BCUT2D eigenvalue weighted by Gasteiger charge is -2.38. The largest absolute Gasteiger partial charge is 0.377 e. The number of hydrogen-bond acceptors (Lipinski definition) is 5. The lowest BCUT2D eigenvalue weighted by atomic mass is 9.96. The van der Waals surface area contributed by atoms with E-state index in [1.54, 1.807) is 0 Å². The second kappa shape index (κ2) is 9.30. The standard InChI is InChI=1S/C21H30FN3O4S/c22-18-3-5-20(6-4-18)30(27,28)25-9-7-17(8-10-25)21(26)24-13-11-23(12-14-24)16-19-2-1-15-29-19/h3-6,17,19H,1-2,7-16H2. The van der Waals surface area contributed by atoms with Gasteiger partial charge in [-0.3, -0.25) is 9.69 Å². The molecule has 0 aromatic heterocycles. The van der Waals surface area contributed by atoms with E-state index in [-0.39, 0.29) is 16.7 Å². The van der Waals surface area contributed by atoms with Gasteiger partial charge in [-0.15, -0.1) is 0 Å². The monoisotopic (exact) mass is 439 g/mol. The van der Waals surface area contributed by atoms with Crippen LogP contribution in [0.5, 0.6) is 0 Å². The van der Waals surface area contributed by atoms with E-state index in [1.165, 1.54) is 16.4 Å². The average Bonchev–Trinajstić information content (AvgIpc) is 3.27. The van der Waals surface area contributed by atoms with Gasteiger partial charge in [-0.1, -0.05) is 0 Å². The van der Waals surface area contributed by atoms with E-state index in [1.807, 2.05) is 4.90 Å². The van der Waals surface area contributed by atoms with Crippen molar-refractivity contribution in [3.05, 3.63) is 30.1 Å². The molecule has 0 radical (unpaired) electrons. The Morgan fingerprint density at radius 3 is 2.27 bits per heavy atom. The van der Waals surface area contributed by atoms with E-state index in [0.29, 0.717) is 32.0 Å². The molecule has 0 spiro atoms. The van der Waals surface area contributed by atoms with Crippen LogP contribution in [0.2, 0.25) is 0 Å². The van der Waals surface area contributed by atoms with Crippen molar-refractivity contribution in [2.24, 2.45) is 5.92 Å². The summed E-state index contributed by atoms with van der Waals surface area (Å²) < 4.78 is 45.7. The average molecular weight is 440 g/mol. The van der Waals surface area contributed by atoms with Gasteiger partial charge >= 0.3 is 0 Å². The van der Waals surface area contributed by atoms with Gasteiger partial charge < -0.3 is 9.64 Å². The predicted molar refractivity (Wildman–Crippen MR) is 110 cm³/mol. The van der Waals surface area contributed by atoms with Gasteiger partial charge in [0.15, 0.2) is 0 Å². The Kier molecular flexibility index (Phi) is 6.72. The number of carbonyl (C=O) groups excluding carboxylic acids is 1. The Morgan fingerprint density at radius 2 is 1.67 bits per heavy atom. The van der Waals surface area contributed by atoms with Crippen LogP contribution in [-0.2, 0) is 19.6 Å². The minimum absolute atomic E-state index is 0.0936. The molecule has 0 bridgehead atoms. The highest BCUT2D eigenvalue weighted by Gasteiger charge is 2.35. The number of hydrogen-bond donors (Lipinski definition) is 0. The molecule has 3 aliphatic rings. The molecule has 3 heterocycles. The molecule has 3 fully saturated rings. The molecule has 3 saturated heterocycles. The summed E-state index contributed by atoms with van der Waals surface area (Å²) in [4.78, 5) is 17.3. The normalized spacial score (nSPS) is 25.0. The SMILES string of the molecule is O=C(C1CCN(S(=O)(=O)c2ccc(F)cc2)CC1)N1CCN(CC2CCCO2)CC1. The van der Waals surface area contributed by atoms with Gasteiger partial charge in [-0.05, 0) is 49.9 Å². The van der Waals surface area contributed by atoms with Crippen molar-refractivity contribution in [1.29, 1.82) is 0 Å². The van der Waals surface area contributed by atoms with Gasteiger partial charge in [-0.25, -0.2) is 12.8 Å². The van der Waals surface area contributed by atoms with E-state index in [9.17, 15) is 17.6 Å². The fourth-order valence-electron chi connectivity index (χ4n) is 4.58. The van der Waals surface area contributed by atoms with Crippen molar-refractivity contribution >= 4 is 15.9 Å². The minimum atomic E-state index is -3.65. The Morgan fingerprint density at radius 1 is 1.00 bits per heavy atom. The quantitative estimate of drug-likeness (QED) is 0.696. The molecular weight excluding hydrogens is 409 g/mol. The number of piperidine rings is 1. The molecule has 30 heavy (non-hydrogen) atoms. The minimum Gasteiger partial charge on any atom is -0.377 e. The molecule has 166 valence electrons. The molecule has 1 aromatic rings. The van der Waals surface area contributed by atoms with E-state index < -0.39 is 15.8 Å². The molecule has 4 rings (SSSR count). The van der Waals surface area contributed by atoms with Crippen LogP contribution in [0.15, 0.2) is 29.2 Å². The smallest absolute Gasteiger partial charge is 0.243 e. The Hall–Kier alpha value is -1.55. The van der Waals surface area contributed by atoms with Crippen LogP contribution in [-0.4, -0.2) is 87.0 Å². The molecule has 0 aliphatic carbocycles. The fourth-order valence-corrected chi connectivity index (χ4v) is 6.05. The summed E-state index contributed by atoms with van der Waals surface area (Å²) in [7, 11) is -3.65. The molecule has 7 nitrogen and oxygen atoms in total. The first kappa shape index (κ1) is 21.7. The van der Waals surface area contributed by atoms with Crippen molar-refractivity contribution in [2.75, 3.05) is 52.4 Å². The zero-order chi connectivity index (χ0) is 21.1. The van der Waals surface area contributed by atoms with Crippen molar-refractivity contribution in [2.45, 2.75) is 36.7 Å². The third kappa shape index (κ3) is 4.85. The van der Waals surface area contributed by atoms with Gasteiger partial charge in [0.25, 0.3) is 0 Å². The maximum absolute atomic E-state index is 13.1. The summed E-state index contributed by atoms with van der Waals surface area (Å²) in [6.45, 7) is 5.61. The van der Waals surface area contributed by atoms with E-state index >= 15 is 0 Å². The zero-order valence-electron chi connectivity index (χ0n) is 17.2. The number of piperazine rings is 1. The molecule has 1 atom stereocenters. The van der Waals surface area contributed by atoms with Gasteiger partial charge in [0.1, 0.15) is 5.82 Å². The van der Waals surface area contributed by atoms with Crippen LogP contribution in [0.25, 0.3) is 0 Å². The van der Waals surface area contributed by atoms with E-state index in [0.717, 1.165) is 64.3 Å². The van der Waals surface area contributed by atoms with Crippen molar-refractivity contribution in [3.63, 3.8) is 0 Å². The van der Waals surface area contributed by atoms with Crippen LogP contribution in [0, 0.1) is 11.7 Å². The topological polar surface area (TPSA) is 70.2 Å². The highest BCUT2D eigenvalue weighted by atomic mass is 32.2. The lowest BCUT2D eigenvalue weighted by Crippen LogP contribution is -2.53. The number of amides is 1. The fraction of sp³-hybridized carbons (Fsp3) is 0.667. The predicted octanol–water partition coefficient (Wildman–Crippen LogP) is 1.55. The molecule has 1 aromatic carbocycles. The maximum Gasteiger partial charge on any atom is 0.243 e. The van der Waals surface area contributed by atoms with Gasteiger partial charge in [0.2, 0.25) is 15.9 Å². The van der Waals surface area contributed by atoms with Gasteiger partial charge in [-0.2, -0.15) is 4.31 Å². The van der Waals surface area contributed by atoms with Gasteiger partial charge in [0, 0.05) is 58.3 Å². The van der Waals surface area contributed by atoms with E-state index in [2.05, 4.69) is 4.90 Å². The Balaban J connectivity index is 1.26. The third-order valence-electron chi connectivity index (χ3n) is 6.42. The molecule has 1 unspecified atom stereocenters. The number of halogens is 1. The van der Waals surface area contributed by atoms with Crippen LogP contribution >= 0.6 is 0 Å². The molecule has 3 aliphatic heterocycles. The summed E-state index contributed by atoms with van der Waals surface area (Å²) in [6.07, 6.45) is 3.64. The molecule has 0 saturated carbocycles. The Labute approximate surface area is 177 Å². The van der Waals surface area contributed by atoms with Crippen molar-refractivity contribution in [1.82, 2.24) is 14.1 Å². The summed E-state index contributed by atoms with van der Waals surface area (Å²) in [5.41, 5.74) is 0. The first-order valence-corrected chi connectivity index (χ1v) is 12.3. The molecule has 9 heteroatoms. The highest BCUT2D eigenvalue weighted by Crippen LogP contribution is 2.26. The first-order valence-electron chi connectivity index (χ1n) is 10.8. The first-order chi connectivity index (χ1) is 14.4. The molecule has 0 N–H and O–H groups in total. The van der Waals surface area contributed by atoms with Crippen LogP contribution < -0.4 is 0 Å². The van der Waals surface area contributed by atoms with Crippen LogP contribution in [0.4, 0.5) is 4.39 Å². The number of ether oxygens (including phenoxy) is 1. The van der Waals surface area contributed by atoms with E-state index in [4.69, 9.17) is 4.74 Å². The zero-order valence-corrected chi connectivity index (χ0v) is 18.0. The number of benzene rings is 1.